The van der Waals surface area contributed by atoms with Crippen molar-refractivity contribution in [2.45, 2.75) is 113 Å². The zero-order valence-electron chi connectivity index (χ0n) is 41.3. The van der Waals surface area contributed by atoms with Crippen molar-refractivity contribution in [3.8, 4) is 5.88 Å². The number of carbonyl (C=O) groups is 1. The number of nitro benzene ring substituents is 1. The monoisotopic (exact) mass is 1000 g/mol. The van der Waals surface area contributed by atoms with E-state index in [1.807, 2.05) is 31.2 Å². The normalized spacial score (nSPS) is 27.7. The highest BCUT2D eigenvalue weighted by Gasteiger charge is 2.53. The molecule has 18 heteroatoms. The summed E-state index contributed by atoms with van der Waals surface area (Å²) in [4.78, 5) is 41.1. The van der Waals surface area contributed by atoms with Gasteiger partial charge in [-0.3, -0.25) is 19.8 Å². The zero-order chi connectivity index (χ0) is 49.9. The Labute approximate surface area is 420 Å². The maximum absolute atomic E-state index is 14.7. The van der Waals surface area contributed by atoms with Gasteiger partial charge in [-0.15, -0.1) is 0 Å². The van der Waals surface area contributed by atoms with Crippen molar-refractivity contribution in [1.82, 2.24) is 19.6 Å². The van der Waals surface area contributed by atoms with E-state index in [4.69, 9.17) is 19.2 Å². The molecule has 1 spiro atoms. The van der Waals surface area contributed by atoms with Gasteiger partial charge in [-0.1, -0.05) is 38.1 Å². The molecule has 4 aliphatic heterocycles. The first kappa shape index (κ1) is 48.5. The molecule has 3 aromatic carbocycles. The van der Waals surface area contributed by atoms with Crippen LogP contribution in [0, 0.1) is 21.4 Å². The summed E-state index contributed by atoms with van der Waals surface area (Å²) in [6.07, 6.45) is 8.11. The van der Waals surface area contributed by atoms with Gasteiger partial charge in [0.25, 0.3) is 21.6 Å². The molecule has 3 atom stereocenters. The Bertz CT molecular complexity index is 2960. The van der Waals surface area contributed by atoms with E-state index in [1.54, 1.807) is 12.3 Å². The Kier molecular flexibility index (Phi) is 13.0. The molecule has 3 saturated heterocycles. The molecule has 6 heterocycles. The quantitative estimate of drug-likeness (QED) is 0.0687. The lowest BCUT2D eigenvalue weighted by Gasteiger charge is -2.58. The van der Waals surface area contributed by atoms with Gasteiger partial charge in [0.1, 0.15) is 23.1 Å². The summed E-state index contributed by atoms with van der Waals surface area (Å²) in [7, 11) is -4.62. The van der Waals surface area contributed by atoms with E-state index < -0.39 is 43.1 Å². The highest BCUT2D eigenvalue weighted by molar-refractivity contribution is 7.90. The first-order chi connectivity index (χ1) is 34.6. The lowest BCUT2D eigenvalue weighted by molar-refractivity contribution is -0.384. The van der Waals surface area contributed by atoms with Gasteiger partial charge in [-0.05, 0) is 129 Å². The van der Waals surface area contributed by atoms with E-state index in [1.165, 1.54) is 23.3 Å². The van der Waals surface area contributed by atoms with Crippen LogP contribution < -0.4 is 24.6 Å². The summed E-state index contributed by atoms with van der Waals surface area (Å²) in [6, 6.07) is 22.2. The number of sulfonamides is 1. The van der Waals surface area contributed by atoms with Crippen LogP contribution in [-0.4, -0.2) is 122 Å². The smallest absolute Gasteiger partial charge is 0.293 e. The summed E-state index contributed by atoms with van der Waals surface area (Å²) < 4.78 is 49.2. The summed E-state index contributed by atoms with van der Waals surface area (Å²) in [6.45, 7) is 12.4. The van der Waals surface area contributed by atoms with E-state index >= 15 is 0 Å². The Morgan fingerprint density at radius 1 is 0.944 bits per heavy atom. The van der Waals surface area contributed by atoms with Gasteiger partial charge in [0, 0.05) is 81.2 Å². The average molecular weight is 1000 g/mol. The molecule has 72 heavy (non-hydrogen) atoms. The number of nitrogens with one attached hydrogen (secondary N) is 3. The molecule has 382 valence electrons. The standard InChI is InChI=1S/C54H66N8O9S/c1-34(2)40-6-4-5-7-41(40)43-32-70-25-18-54(43)29-38(30-54)60-22-20-59(21-23-60)37-8-10-42(46(27-37)61-45-15-24-69-33-49(45)71-52-48(61)26-36-14-19-55-50(36)57-52)51(63)58-72(67,68)39-9-11-44(47(28-39)62(65)66)56-31-35-12-16-53(3,64)17-13-35/h4-11,14,19,26-28,34-35,38,43,45,49,56,64H,12-13,15-18,20-25,29-33H2,1-3H3,(H,55,57)(H,58,63)/t35?,38?,43-,45-,49-,53?,54?/m0/s1. The minimum atomic E-state index is -4.62. The Hall–Kier alpha value is -5.79. The van der Waals surface area contributed by atoms with Crippen molar-refractivity contribution in [2.75, 3.05) is 74.3 Å². The predicted molar refractivity (Wildman–Crippen MR) is 275 cm³/mol. The van der Waals surface area contributed by atoms with Gasteiger partial charge in [-0.2, -0.15) is 4.98 Å². The molecular weight excluding hydrogens is 937 g/mol. The number of amides is 1. The van der Waals surface area contributed by atoms with E-state index in [2.05, 4.69) is 67.8 Å². The lowest BCUT2D eigenvalue weighted by atomic mass is 9.54. The molecule has 2 aliphatic carbocycles. The van der Waals surface area contributed by atoms with Gasteiger partial charge in [-0.25, -0.2) is 13.1 Å². The molecule has 0 bridgehead atoms. The first-order valence-corrected chi connectivity index (χ1v) is 27.3. The molecular formula is C54H66N8O9S. The number of hydrogen-bond acceptors (Lipinski definition) is 14. The van der Waals surface area contributed by atoms with Crippen LogP contribution in [0.5, 0.6) is 5.88 Å². The highest BCUT2D eigenvalue weighted by atomic mass is 32.2. The van der Waals surface area contributed by atoms with Crippen molar-refractivity contribution in [3.05, 3.63) is 106 Å². The Morgan fingerprint density at radius 2 is 1.72 bits per heavy atom. The van der Waals surface area contributed by atoms with Crippen molar-refractivity contribution in [3.63, 3.8) is 0 Å². The topological polar surface area (TPSA) is 205 Å². The van der Waals surface area contributed by atoms with E-state index in [0.29, 0.717) is 79.8 Å². The third kappa shape index (κ3) is 9.29. The number of H-pyrrole nitrogens is 1. The molecule has 0 radical (unpaired) electrons. The van der Waals surface area contributed by atoms with Crippen LogP contribution in [-0.2, 0) is 19.5 Å². The fourth-order valence-electron chi connectivity index (χ4n) is 12.6. The molecule has 1 amide bonds. The maximum Gasteiger partial charge on any atom is 0.293 e. The predicted octanol–water partition coefficient (Wildman–Crippen LogP) is 8.23. The number of ether oxygens (including phenoxy) is 3. The zero-order valence-corrected chi connectivity index (χ0v) is 42.2. The molecule has 17 nitrogen and oxygen atoms in total. The number of anilines is 4. The molecule has 0 unspecified atom stereocenters. The number of hydrogen-bond donors (Lipinski definition) is 4. The second-order valence-corrected chi connectivity index (χ2v) is 23.4. The van der Waals surface area contributed by atoms with Crippen LogP contribution in [0.1, 0.15) is 105 Å². The van der Waals surface area contributed by atoms with Gasteiger partial charge >= 0.3 is 0 Å². The molecule has 4 N–H and O–H groups in total. The van der Waals surface area contributed by atoms with Gasteiger partial charge in [0.05, 0.1) is 45.9 Å². The second kappa shape index (κ2) is 19.2. The fraction of sp³-hybridized carbons (Fsp3) is 0.519. The number of nitrogens with zero attached hydrogens (tertiary/aromatic N) is 5. The SMILES string of the molecule is CC(C)c1ccccc1[C@@H]1COCCC12CC(N1CCN(c3ccc(C(=O)NS(=O)(=O)c4ccc(NCC5CCC(C)(O)CC5)c([N+](=O)[O-])c4)c(N4c5cc6cc[nH]c6nc5O[C@H]5COCC[C@@H]54)c3)CC1)C2. The minimum Gasteiger partial charge on any atom is -0.468 e. The molecule has 5 fully saturated rings. The number of aromatic amines is 1. The lowest BCUT2D eigenvalue weighted by Crippen LogP contribution is -2.60. The van der Waals surface area contributed by atoms with Crippen LogP contribution in [0.4, 0.5) is 28.4 Å². The number of piperazine rings is 1. The third-order valence-electron chi connectivity index (χ3n) is 16.8. The van der Waals surface area contributed by atoms with Crippen LogP contribution in [0.3, 0.4) is 0 Å². The third-order valence-corrected chi connectivity index (χ3v) is 18.1. The van der Waals surface area contributed by atoms with Crippen molar-refractivity contribution < 1.29 is 37.5 Å². The summed E-state index contributed by atoms with van der Waals surface area (Å²) >= 11 is 0. The van der Waals surface area contributed by atoms with E-state index in [0.717, 1.165) is 88.6 Å². The maximum atomic E-state index is 14.7. The van der Waals surface area contributed by atoms with Gasteiger partial charge in [0.15, 0.2) is 0 Å². The second-order valence-electron chi connectivity index (χ2n) is 21.7. The van der Waals surface area contributed by atoms with Crippen LogP contribution >= 0.6 is 0 Å². The average Bonchev–Trinajstić information content (AvgIpc) is 3.83. The van der Waals surface area contributed by atoms with Crippen molar-refractivity contribution >= 4 is 55.4 Å². The number of benzene rings is 3. The van der Waals surface area contributed by atoms with Crippen molar-refractivity contribution in [1.29, 1.82) is 0 Å². The Balaban J connectivity index is 0.862. The molecule has 2 aromatic heterocycles. The van der Waals surface area contributed by atoms with E-state index in [-0.39, 0.29) is 28.6 Å². The fourth-order valence-corrected chi connectivity index (χ4v) is 13.6. The number of nitro groups is 1. The number of aromatic nitrogens is 2. The molecule has 11 rings (SSSR count). The Morgan fingerprint density at radius 3 is 2.50 bits per heavy atom. The van der Waals surface area contributed by atoms with Crippen molar-refractivity contribution in [2.24, 2.45) is 11.3 Å². The first-order valence-electron chi connectivity index (χ1n) is 25.8. The number of rotatable bonds is 12. The highest BCUT2D eigenvalue weighted by Crippen LogP contribution is 2.58. The minimum absolute atomic E-state index is 0.109. The number of fused-ring (bicyclic) bond motifs is 3. The molecule has 5 aromatic rings. The van der Waals surface area contributed by atoms with E-state index in [9.17, 15) is 28.4 Å². The summed E-state index contributed by atoms with van der Waals surface area (Å²) in [5.41, 5.74) is 4.91. The van der Waals surface area contributed by atoms with Gasteiger partial charge < -0.3 is 39.4 Å². The number of carbonyl (C=O) groups excluding carboxylic acids is 1. The number of aliphatic hydroxyl groups is 1. The number of pyridine rings is 1. The van der Waals surface area contributed by atoms with Crippen LogP contribution in [0.25, 0.3) is 11.0 Å². The van der Waals surface area contributed by atoms with Crippen LogP contribution in [0.2, 0.25) is 0 Å². The molecule has 2 saturated carbocycles. The largest absolute Gasteiger partial charge is 0.468 e. The summed E-state index contributed by atoms with van der Waals surface area (Å²) in [5, 5.41) is 26.7. The molecule has 6 aliphatic rings. The van der Waals surface area contributed by atoms with Crippen LogP contribution in [0.15, 0.2) is 83.9 Å². The summed E-state index contributed by atoms with van der Waals surface area (Å²) in [5.74, 6) is 0.508. The van der Waals surface area contributed by atoms with Gasteiger partial charge in [0.2, 0.25) is 5.88 Å².